The van der Waals surface area contributed by atoms with Crippen molar-refractivity contribution in [3.63, 3.8) is 0 Å². The third-order valence-electron chi connectivity index (χ3n) is 5.37. The van der Waals surface area contributed by atoms with E-state index in [0.29, 0.717) is 58.4 Å². The lowest BCUT2D eigenvalue weighted by Crippen LogP contribution is -2.41. The number of aliphatic imine (C=N–C) groups is 1. The van der Waals surface area contributed by atoms with Gasteiger partial charge in [-0.15, -0.1) is 10.2 Å². The number of aryl methyl sites for hydroxylation is 1. The van der Waals surface area contributed by atoms with E-state index in [1.807, 2.05) is 13.0 Å². The summed E-state index contributed by atoms with van der Waals surface area (Å²) in [6.07, 6.45) is 2.88. The number of nitrogens with zero attached hydrogens (tertiary/aromatic N) is 7. The lowest BCUT2D eigenvalue weighted by molar-refractivity contribution is 0.448. The molecule has 0 spiro atoms. The Kier molecular flexibility index (Phi) is 7.31. The predicted octanol–water partition coefficient (Wildman–Crippen LogP) is 3.61. The molecular formula is C21H22Cl3N7O2. The smallest absolute Gasteiger partial charge is 0.278 e. The van der Waals surface area contributed by atoms with Gasteiger partial charge in [0.25, 0.3) is 5.56 Å². The van der Waals surface area contributed by atoms with Crippen LogP contribution in [-0.2, 0) is 32.5 Å². The highest BCUT2D eigenvalue weighted by atomic mass is 35.5. The number of tetrazole rings is 1. The number of aromatic nitrogens is 6. The second-order valence-corrected chi connectivity index (χ2v) is 9.06. The molecule has 33 heavy (non-hydrogen) atoms. The van der Waals surface area contributed by atoms with Crippen molar-refractivity contribution in [1.29, 1.82) is 0 Å². The van der Waals surface area contributed by atoms with E-state index < -0.39 is 0 Å². The van der Waals surface area contributed by atoms with Crippen molar-refractivity contribution in [2.24, 2.45) is 4.99 Å². The molecule has 0 radical (unpaired) electrons. The van der Waals surface area contributed by atoms with Crippen molar-refractivity contribution in [2.75, 3.05) is 0 Å². The van der Waals surface area contributed by atoms with E-state index in [1.54, 1.807) is 16.7 Å². The third kappa shape index (κ3) is 5.20. The van der Waals surface area contributed by atoms with Crippen LogP contribution in [0.1, 0.15) is 43.1 Å². The Labute approximate surface area is 204 Å². The first kappa shape index (κ1) is 23.7. The Balaban J connectivity index is 1.46. The fourth-order valence-corrected chi connectivity index (χ4v) is 4.38. The SMILES string of the molecule is CCCCn1c2c(c(=O)n(CCCn3nnc(Cc4ccc(Cl)cc4Cl)n3)c1=O)CC(Cl)=N2. The van der Waals surface area contributed by atoms with E-state index in [9.17, 15) is 9.59 Å². The van der Waals surface area contributed by atoms with E-state index in [2.05, 4.69) is 20.4 Å². The number of hydrogen-bond acceptors (Lipinski definition) is 6. The summed E-state index contributed by atoms with van der Waals surface area (Å²) in [4.78, 5) is 31.6. The van der Waals surface area contributed by atoms with Crippen molar-refractivity contribution in [1.82, 2.24) is 29.3 Å². The van der Waals surface area contributed by atoms with E-state index >= 15 is 0 Å². The van der Waals surface area contributed by atoms with Crippen LogP contribution in [-0.4, -0.2) is 34.5 Å². The molecule has 4 rings (SSSR count). The molecule has 1 aliphatic rings. The van der Waals surface area contributed by atoms with Crippen LogP contribution in [0.3, 0.4) is 0 Å². The molecule has 0 saturated carbocycles. The van der Waals surface area contributed by atoms with Crippen LogP contribution in [0.25, 0.3) is 0 Å². The zero-order chi connectivity index (χ0) is 23.5. The Morgan fingerprint density at radius 2 is 1.82 bits per heavy atom. The van der Waals surface area contributed by atoms with Crippen molar-refractivity contribution in [3.8, 4) is 0 Å². The number of hydrogen-bond donors (Lipinski definition) is 0. The van der Waals surface area contributed by atoms with Gasteiger partial charge in [-0.1, -0.05) is 54.2 Å². The monoisotopic (exact) mass is 509 g/mol. The summed E-state index contributed by atoms with van der Waals surface area (Å²) < 4.78 is 2.81. The van der Waals surface area contributed by atoms with Crippen molar-refractivity contribution in [3.05, 3.63) is 66.0 Å². The minimum atomic E-state index is -0.369. The number of rotatable bonds is 9. The lowest BCUT2D eigenvalue weighted by Gasteiger charge is -2.13. The fraction of sp³-hybridized carbons (Fsp3) is 0.429. The van der Waals surface area contributed by atoms with Gasteiger partial charge < -0.3 is 0 Å². The highest BCUT2D eigenvalue weighted by Crippen LogP contribution is 2.24. The van der Waals surface area contributed by atoms with Crippen LogP contribution in [0, 0.1) is 0 Å². The maximum absolute atomic E-state index is 13.0. The maximum Gasteiger partial charge on any atom is 0.332 e. The van der Waals surface area contributed by atoms with Gasteiger partial charge in [-0.05, 0) is 35.8 Å². The van der Waals surface area contributed by atoms with Gasteiger partial charge in [-0.2, -0.15) is 4.80 Å². The van der Waals surface area contributed by atoms with E-state index in [0.717, 1.165) is 18.4 Å². The van der Waals surface area contributed by atoms with E-state index in [4.69, 9.17) is 34.8 Å². The van der Waals surface area contributed by atoms with Gasteiger partial charge in [0.1, 0.15) is 11.0 Å². The average molecular weight is 511 g/mol. The van der Waals surface area contributed by atoms with Gasteiger partial charge >= 0.3 is 5.69 Å². The minimum absolute atomic E-state index is 0.231. The quantitative estimate of drug-likeness (QED) is 0.438. The summed E-state index contributed by atoms with van der Waals surface area (Å²) in [6.45, 7) is 3.16. The van der Waals surface area contributed by atoms with Crippen LogP contribution < -0.4 is 11.2 Å². The Hall–Kier alpha value is -2.49. The normalized spacial score (nSPS) is 12.8. The van der Waals surface area contributed by atoms with Crippen molar-refractivity contribution >= 4 is 45.8 Å². The molecule has 2 aromatic heterocycles. The molecule has 1 aromatic carbocycles. The summed E-state index contributed by atoms with van der Waals surface area (Å²) in [6, 6.07) is 5.25. The molecule has 0 N–H and O–H groups in total. The first-order valence-corrected chi connectivity index (χ1v) is 11.8. The van der Waals surface area contributed by atoms with Crippen LogP contribution in [0.4, 0.5) is 5.82 Å². The van der Waals surface area contributed by atoms with Gasteiger partial charge in [0.05, 0.1) is 12.1 Å². The van der Waals surface area contributed by atoms with Crippen LogP contribution >= 0.6 is 34.8 Å². The standard InChI is InChI=1S/C21H22Cl3N7O2/c1-2-3-7-29-19-15(12-17(24)25-19)20(32)30(21(29)33)8-4-9-31-27-18(26-28-31)10-13-5-6-14(22)11-16(13)23/h5-6,11H,2-4,7-10,12H2,1H3. The van der Waals surface area contributed by atoms with Gasteiger partial charge in [0.15, 0.2) is 5.82 Å². The van der Waals surface area contributed by atoms with Gasteiger partial charge in [-0.25, -0.2) is 9.79 Å². The molecule has 3 aromatic rings. The number of unbranched alkanes of at least 4 members (excludes halogenated alkanes) is 1. The molecule has 0 aliphatic carbocycles. The number of fused-ring (bicyclic) bond motifs is 1. The maximum atomic E-state index is 13.0. The fourth-order valence-electron chi connectivity index (χ4n) is 3.69. The van der Waals surface area contributed by atoms with E-state index in [-0.39, 0.29) is 24.2 Å². The molecule has 9 nitrogen and oxygen atoms in total. The summed E-state index contributed by atoms with van der Waals surface area (Å²) in [5.41, 5.74) is 0.606. The van der Waals surface area contributed by atoms with Crippen molar-refractivity contribution < 1.29 is 0 Å². The largest absolute Gasteiger partial charge is 0.332 e. The zero-order valence-corrected chi connectivity index (χ0v) is 20.2. The van der Waals surface area contributed by atoms with Gasteiger partial charge in [-0.3, -0.25) is 13.9 Å². The predicted molar refractivity (Wildman–Crippen MR) is 128 cm³/mol. The number of benzene rings is 1. The summed E-state index contributed by atoms with van der Waals surface area (Å²) in [7, 11) is 0. The molecule has 0 fully saturated rings. The van der Waals surface area contributed by atoms with Crippen LogP contribution in [0.5, 0.6) is 0 Å². The molecule has 0 atom stereocenters. The Morgan fingerprint density at radius 1 is 1.03 bits per heavy atom. The Bertz CT molecular complexity index is 1330. The highest BCUT2D eigenvalue weighted by molar-refractivity contribution is 6.66. The molecule has 0 amide bonds. The van der Waals surface area contributed by atoms with Crippen molar-refractivity contribution in [2.45, 2.75) is 58.7 Å². The highest BCUT2D eigenvalue weighted by Gasteiger charge is 2.24. The average Bonchev–Trinajstić information content (AvgIpc) is 3.39. The zero-order valence-electron chi connectivity index (χ0n) is 18.0. The number of halogens is 3. The minimum Gasteiger partial charge on any atom is -0.278 e. The topological polar surface area (TPSA) is 100.0 Å². The summed E-state index contributed by atoms with van der Waals surface area (Å²) in [5.74, 6) is 0.908. The van der Waals surface area contributed by atoms with Crippen LogP contribution in [0.15, 0.2) is 32.8 Å². The molecule has 0 saturated heterocycles. The molecular weight excluding hydrogens is 489 g/mol. The molecule has 3 heterocycles. The molecule has 0 unspecified atom stereocenters. The summed E-state index contributed by atoms with van der Waals surface area (Å²) in [5, 5.41) is 13.9. The molecule has 0 bridgehead atoms. The first-order chi connectivity index (χ1) is 15.9. The third-order valence-corrected chi connectivity index (χ3v) is 6.18. The van der Waals surface area contributed by atoms with Gasteiger partial charge in [0, 0.05) is 36.0 Å². The molecule has 1 aliphatic heterocycles. The van der Waals surface area contributed by atoms with E-state index in [1.165, 1.54) is 9.36 Å². The molecule has 174 valence electrons. The summed E-state index contributed by atoms with van der Waals surface area (Å²) >= 11 is 18.2. The lowest BCUT2D eigenvalue weighted by atomic mass is 10.1. The molecule has 12 heteroatoms. The Morgan fingerprint density at radius 3 is 2.58 bits per heavy atom. The van der Waals surface area contributed by atoms with Gasteiger partial charge in [0.2, 0.25) is 0 Å². The van der Waals surface area contributed by atoms with Crippen LogP contribution in [0.2, 0.25) is 10.0 Å². The second kappa shape index (κ2) is 10.2. The second-order valence-electron chi connectivity index (χ2n) is 7.78. The first-order valence-electron chi connectivity index (χ1n) is 10.7.